The summed E-state index contributed by atoms with van der Waals surface area (Å²) in [5, 5.41) is 0.621. The van der Waals surface area contributed by atoms with E-state index in [9.17, 15) is 4.79 Å². The Balaban J connectivity index is 1.25. The molecule has 0 radical (unpaired) electrons. The predicted octanol–water partition coefficient (Wildman–Crippen LogP) is 4.59. The summed E-state index contributed by atoms with van der Waals surface area (Å²) in [7, 11) is 1.66. The highest BCUT2D eigenvalue weighted by atomic mass is 32.2. The smallest absolute Gasteiger partial charge is 0.256 e. The fourth-order valence-corrected chi connectivity index (χ4v) is 4.93. The van der Waals surface area contributed by atoms with Gasteiger partial charge < -0.3 is 14.1 Å². The summed E-state index contributed by atoms with van der Waals surface area (Å²) in [4.78, 5) is 27.5. The van der Waals surface area contributed by atoms with E-state index >= 15 is 0 Å². The molecule has 2 aromatic heterocycles. The van der Waals surface area contributed by atoms with Crippen molar-refractivity contribution >= 4 is 11.8 Å². The molecule has 2 aromatic carbocycles. The topological polar surface area (TPSA) is 84.2 Å². The van der Waals surface area contributed by atoms with Gasteiger partial charge in [0.2, 0.25) is 5.89 Å². The zero-order chi connectivity index (χ0) is 23.5. The second kappa shape index (κ2) is 9.87. The summed E-state index contributed by atoms with van der Waals surface area (Å²) < 4.78 is 11.1. The minimum absolute atomic E-state index is 0.0613. The molecule has 0 fully saturated rings. The van der Waals surface area contributed by atoms with Gasteiger partial charge in [0.15, 0.2) is 5.16 Å². The minimum Gasteiger partial charge on any atom is -0.497 e. The van der Waals surface area contributed by atoms with Crippen molar-refractivity contribution < 1.29 is 9.15 Å². The number of nitrogens with zero attached hydrogens (tertiary/aromatic N) is 3. The molecule has 0 amide bonds. The SMILES string of the molecule is COc1ccc(CN2CCc3nc(SCc4nc(-c5ccccc5)oc4C)[nH]c(=O)c3C2)cc1. The van der Waals surface area contributed by atoms with Crippen LogP contribution in [0.25, 0.3) is 11.5 Å². The number of ether oxygens (including phenoxy) is 1. The van der Waals surface area contributed by atoms with Gasteiger partial charge in [-0.3, -0.25) is 9.69 Å². The second-order valence-electron chi connectivity index (χ2n) is 8.28. The number of aromatic nitrogens is 3. The molecule has 3 heterocycles. The maximum Gasteiger partial charge on any atom is 0.256 e. The molecular weight excluding hydrogens is 448 g/mol. The molecule has 5 rings (SSSR count). The first kappa shape index (κ1) is 22.4. The van der Waals surface area contributed by atoms with E-state index in [1.807, 2.05) is 49.4 Å². The number of aryl methyl sites for hydroxylation is 1. The number of nitrogens with one attached hydrogen (secondary N) is 1. The van der Waals surface area contributed by atoms with Crippen LogP contribution in [-0.4, -0.2) is 33.5 Å². The lowest BCUT2D eigenvalue weighted by atomic mass is 10.1. The fourth-order valence-electron chi connectivity index (χ4n) is 4.05. The molecule has 8 heteroatoms. The molecule has 34 heavy (non-hydrogen) atoms. The Morgan fingerprint density at radius 1 is 1.12 bits per heavy atom. The number of aromatic amines is 1. The summed E-state index contributed by atoms with van der Waals surface area (Å²) >= 11 is 1.48. The molecule has 0 atom stereocenters. The Morgan fingerprint density at radius 2 is 1.91 bits per heavy atom. The lowest BCUT2D eigenvalue weighted by Gasteiger charge is -2.27. The van der Waals surface area contributed by atoms with E-state index < -0.39 is 0 Å². The van der Waals surface area contributed by atoms with Gasteiger partial charge in [-0.05, 0) is 36.8 Å². The Bertz CT molecular complexity index is 1330. The molecule has 0 aliphatic carbocycles. The van der Waals surface area contributed by atoms with E-state index in [4.69, 9.17) is 14.1 Å². The van der Waals surface area contributed by atoms with Gasteiger partial charge >= 0.3 is 0 Å². The van der Waals surface area contributed by atoms with Gasteiger partial charge in [-0.2, -0.15) is 0 Å². The maximum absolute atomic E-state index is 12.8. The Hall–Kier alpha value is -3.36. The van der Waals surface area contributed by atoms with Crippen LogP contribution in [0.15, 0.2) is 69.0 Å². The predicted molar refractivity (Wildman–Crippen MR) is 132 cm³/mol. The first-order valence-corrected chi connectivity index (χ1v) is 12.2. The van der Waals surface area contributed by atoms with Crippen LogP contribution in [0.5, 0.6) is 5.75 Å². The summed E-state index contributed by atoms with van der Waals surface area (Å²) in [6.45, 7) is 4.16. The van der Waals surface area contributed by atoms with Crippen molar-refractivity contribution in [2.45, 2.75) is 37.3 Å². The average Bonchev–Trinajstić information content (AvgIpc) is 3.24. The number of benzene rings is 2. The van der Waals surface area contributed by atoms with Crippen LogP contribution in [0.2, 0.25) is 0 Å². The van der Waals surface area contributed by atoms with Crippen molar-refractivity contribution in [2.75, 3.05) is 13.7 Å². The monoisotopic (exact) mass is 474 g/mol. The van der Waals surface area contributed by atoms with Gasteiger partial charge in [-0.25, -0.2) is 9.97 Å². The lowest BCUT2D eigenvalue weighted by Crippen LogP contribution is -2.35. The highest BCUT2D eigenvalue weighted by Crippen LogP contribution is 2.27. The van der Waals surface area contributed by atoms with Gasteiger partial charge in [-0.15, -0.1) is 0 Å². The third-order valence-corrected chi connectivity index (χ3v) is 6.83. The molecule has 174 valence electrons. The van der Waals surface area contributed by atoms with E-state index in [1.165, 1.54) is 17.3 Å². The molecule has 0 saturated carbocycles. The van der Waals surface area contributed by atoms with E-state index in [0.29, 0.717) is 23.3 Å². The first-order valence-electron chi connectivity index (χ1n) is 11.2. The minimum atomic E-state index is -0.0613. The van der Waals surface area contributed by atoms with E-state index in [-0.39, 0.29) is 5.56 Å². The number of hydrogen-bond donors (Lipinski definition) is 1. The molecule has 1 N–H and O–H groups in total. The molecule has 1 aliphatic rings. The van der Waals surface area contributed by atoms with Gasteiger partial charge in [0, 0.05) is 37.4 Å². The zero-order valence-electron chi connectivity index (χ0n) is 19.2. The standard InChI is InChI=1S/C26H26N4O3S/c1-17-23(27-25(33-17)19-6-4-3-5-7-19)16-34-26-28-22-12-13-30(15-21(22)24(31)29-26)14-18-8-10-20(32-2)11-9-18/h3-11H,12-16H2,1-2H3,(H,28,29,31). The number of methoxy groups -OCH3 is 1. The number of oxazole rings is 1. The van der Waals surface area contributed by atoms with Crippen molar-refractivity contribution in [3.05, 3.63) is 93.2 Å². The van der Waals surface area contributed by atoms with Crippen molar-refractivity contribution in [1.82, 2.24) is 19.9 Å². The Labute approximate surface area is 202 Å². The Morgan fingerprint density at radius 3 is 2.68 bits per heavy atom. The number of fused-ring (bicyclic) bond motifs is 1. The maximum atomic E-state index is 12.8. The lowest BCUT2D eigenvalue weighted by molar-refractivity contribution is 0.241. The number of thioether (sulfide) groups is 1. The van der Waals surface area contributed by atoms with Gasteiger partial charge in [0.05, 0.1) is 24.1 Å². The normalized spacial score (nSPS) is 13.6. The quantitative estimate of drug-likeness (QED) is 0.310. The Kier molecular flexibility index (Phi) is 6.51. The number of hydrogen-bond acceptors (Lipinski definition) is 7. The third-order valence-electron chi connectivity index (χ3n) is 5.95. The van der Waals surface area contributed by atoms with Crippen LogP contribution < -0.4 is 10.3 Å². The summed E-state index contributed by atoms with van der Waals surface area (Å²) in [5.41, 5.74) is 4.58. The van der Waals surface area contributed by atoms with Crippen molar-refractivity contribution in [3.63, 3.8) is 0 Å². The van der Waals surface area contributed by atoms with Crippen LogP contribution in [0.4, 0.5) is 0 Å². The average molecular weight is 475 g/mol. The van der Waals surface area contributed by atoms with Gasteiger partial charge in [-0.1, -0.05) is 42.1 Å². The fraction of sp³-hybridized carbons (Fsp3) is 0.269. The number of rotatable bonds is 7. The van der Waals surface area contributed by atoms with Crippen LogP contribution >= 0.6 is 11.8 Å². The largest absolute Gasteiger partial charge is 0.497 e. The van der Waals surface area contributed by atoms with Gasteiger partial charge in [0.25, 0.3) is 5.56 Å². The van der Waals surface area contributed by atoms with Gasteiger partial charge in [0.1, 0.15) is 11.5 Å². The zero-order valence-corrected chi connectivity index (χ0v) is 20.0. The van der Waals surface area contributed by atoms with Crippen LogP contribution in [0.1, 0.15) is 28.3 Å². The van der Waals surface area contributed by atoms with Crippen molar-refractivity contribution in [3.8, 4) is 17.2 Å². The third kappa shape index (κ3) is 4.93. The second-order valence-corrected chi connectivity index (χ2v) is 9.25. The molecule has 0 saturated heterocycles. The van der Waals surface area contributed by atoms with Crippen molar-refractivity contribution in [2.24, 2.45) is 0 Å². The molecular formula is C26H26N4O3S. The highest BCUT2D eigenvalue weighted by Gasteiger charge is 2.22. The van der Waals surface area contributed by atoms with Crippen LogP contribution in [-0.2, 0) is 25.3 Å². The summed E-state index contributed by atoms with van der Waals surface area (Å²) in [6, 6.07) is 17.9. The van der Waals surface area contributed by atoms with Crippen LogP contribution in [0, 0.1) is 6.92 Å². The molecule has 4 aromatic rings. The molecule has 1 aliphatic heterocycles. The van der Waals surface area contributed by atoms with E-state index in [0.717, 1.165) is 53.5 Å². The summed E-state index contributed by atoms with van der Waals surface area (Å²) in [6.07, 6.45) is 0.754. The molecule has 0 unspecified atom stereocenters. The summed E-state index contributed by atoms with van der Waals surface area (Å²) in [5.74, 6) is 2.81. The highest BCUT2D eigenvalue weighted by molar-refractivity contribution is 7.98. The van der Waals surface area contributed by atoms with Crippen LogP contribution in [0.3, 0.4) is 0 Å². The van der Waals surface area contributed by atoms with Crippen molar-refractivity contribution in [1.29, 1.82) is 0 Å². The first-order chi connectivity index (χ1) is 16.6. The number of H-pyrrole nitrogens is 1. The van der Waals surface area contributed by atoms with E-state index in [2.05, 4.69) is 27.0 Å². The molecule has 7 nitrogen and oxygen atoms in total. The molecule has 0 bridgehead atoms. The molecule has 0 spiro atoms. The van der Waals surface area contributed by atoms with E-state index in [1.54, 1.807) is 7.11 Å².